The van der Waals surface area contributed by atoms with Crippen LogP contribution >= 0.6 is 23.2 Å². The van der Waals surface area contributed by atoms with E-state index in [0.717, 1.165) is 11.3 Å². The molecular weight excluding hydrogens is 255 g/mol. The minimum Gasteiger partial charge on any atom is -0.277 e. The lowest BCUT2D eigenvalue weighted by Crippen LogP contribution is -1.96. The van der Waals surface area contributed by atoms with Crippen molar-refractivity contribution in [1.82, 2.24) is 0 Å². The van der Waals surface area contributed by atoms with Gasteiger partial charge in [-0.1, -0.05) is 59.6 Å². The summed E-state index contributed by atoms with van der Waals surface area (Å²) in [7, 11) is 0. The van der Waals surface area contributed by atoms with Crippen molar-refractivity contribution in [2.45, 2.75) is 0 Å². The van der Waals surface area contributed by atoms with Crippen molar-refractivity contribution in [3.63, 3.8) is 0 Å². The molecule has 0 spiro atoms. The lowest BCUT2D eigenvalue weighted by Gasteiger charge is -2.02. The Morgan fingerprint density at radius 1 is 1.00 bits per heavy atom. The van der Waals surface area contributed by atoms with Gasteiger partial charge < -0.3 is 0 Å². The van der Waals surface area contributed by atoms with E-state index in [-0.39, 0.29) is 0 Å². The van der Waals surface area contributed by atoms with Crippen LogP contribution < -0.4 is 5.43 Å². The van der Waals surface area contributed by atoms with Crippen molar-refractivity contribution < 1.29 is 0 Å². The number of halogens is 2. The Morgan fingerprint density at radius 3 is 2.47 bits per heavy atom. The molecule has 1 N–H and O–H groups in total. The van der Waals surface area contributed by atoms with Gasteiger partial charge >= 0.3 is 0 Å². The van der Waals surface area contributed by atoms with Crippen molar-refractivity contribution in [3.8, 4) is 0 Å². The zero-order valence-electron chi connectivity index (χ0n) is 8.90. The first-order valence-corrected chi connectivity index (χ1v) is 5.81. The second-order valence-corrected chi connectivity index (χ2v) is 4.19. The second kappa shape index (κ2) is 5.71. The molecule has 0 saturated carbocycles. The van der Waals surface area contributed by atoms with Crippen LogP contribution in [0.1, 0.15) is 5.56 Å². The van der Waals surface area contributed by atoms with E-state index in [1.807, 2.05) is 42.5 Å². The van der Waals surface area contributed by atoms with Gasteiger partial charge in [0.2, 0.25) is 0 Å². The first-order chi connectivity index (χ1) is 8.25. The van der Waals surface area contributed by atoms with Crippen LogP contribution in [0.3, 0.4) is 0 Å². The standard InChI is InChI=1S/C13H10Cl2N2/c14-11-7-4-8-12(9-11)16-17-13(15)10-5-2-1-3-6-10/h1-9,16H/b17-13+. The Kier molecular flexibility index (Phi) is 4.02. The zero-order chi connectivity index (χ0) is 12.1. The Hall–Kier alpha value is -1.51. The van der Waals surface area contributed by atoms with Gasteiger partial charge in [0.05, 0.1) is 5.69 Å². The molecule has 17 heavy (non-hydrogen) atoms. The van der Waals surface area contributed by atoms with E-state index in [0.29, 0.717) is 10.2 Å². The molecule has 0 bridgehead atoms. The summed E-state index contributed by atoms with van der Waals surface area (Å²) in [4.78, 5) is 0. The van der Waals surface area contributed by atoms with Gasteiger partial charge in [-0.25, -0.2) is 0 Å². The second-order valence-electron chi connectivity index (χ2n) is 3.39. The fraction of sp³-hybridized carbons (Fsp3) is 0. The number of hydrogen-bond donors (Lipinski definition) is 1. The van der Waals surface area contributed by atoms with Crippen LogP contribution in [-0.4, -0.2) is 5.17 Å². The highest BCUT2D eigenvalue weighted by molar-refractivity contribution is 6.69. The topological polar surface area (TPSA) is 24.4 Å². The molecule has 2 nitrogen and oxygen atoms in total. The molecule has 2 aromatic carbocycles. The highest BCUT2D eigenvalue weighted by atomic mass is 35.5. The zero-order valence-corrected chi connectivity index (χ0v) is 10.4. The Bertz CT molecular complexity index is 524. The normalized spacial score (nSPS) is 11.3. The largest absolute Gasteiger partial charge is 0.277 e. The molecule has 0 heterocycles. The maximum atomic E-state index is 6.05. The number of hydrazone groups is 1. The van der Waals surface area contributed by atoms with Gasteiger partial charge in [0.1, 0.15) is 0 Å². The molecule has 0 atom stereocenters. The quantitative estimate of drug-likeness (QED) is 0.647. The smallest absolute Gasteiger partial charge is 0.156 e. The maximum Gasteiger partial charge on any atom is 0.156 e. The van der Waals surface area contributed by atoms with Crippen molar-refractivity contribution in [2.75, 3.05) is 5.43 Å². The SMILES string of the molecule is Cl/C(=N/Nc1cccc(Cl)c1)c1ccccc1. The van der Waals surface area contributed by atoms with Crippen molar-refractivity contribution in [1.29, 1.82) is 0 Å². The lowest BCUT2D eigenvalue weighted by atomic mass is 10.2. The molecule has 2 aromatic rings. The molecule has 2 rings (SSSR count). The molecule has 0 aliphatic rings. The van der Waals surface area contributed by atoms with E-state index in [9.17, 15) is 0 Å². The molecule has 86 valence electrons. The average Bonchev–Trinajstić information content (AvgIpc) is 2.37. The van der Waals surface area contributed by atoms with E-state index >= 15 is 0 Å². The summed E-state index contributed by atoms with van der Waals surface area (Å²) in [5.74, 6) is 0. The van der Waals surface area contributed by atoms with Crippen LogP contribution in [0.5, 0.6) is 0 Å². The molecule has 0 fully saturated rings. The third kappa shape index (κ3) is 3.48. The summed E-state index contributed by atoms with van der Waals surface area (Å²) in [6.07, 6.45) is 0. The van der Waals surface area contributed by atoms with Gasteiger partial charge in [-0.05, 0) is 18.2 Å². The van der Waals surface area contributed by atoms with E-state index in [4.69, 9.17) is 23.2 Å². The van der Waals surface area contributed by atoms with Gasteiger partial charge in [0.15, 0.2) is 5.17 Å². The molecular formula is C13H10Cl2N2. The van der Waals surface area contributed by atoms with Gasteiger partial charge in [0, 0.05) is 10.6 Å². The van der Waals surface area contributed by atoms with Gasteiger partial charge in [-0.3, -0.25) is 5.43 Å². The summed E-state index contributed by atoms with van der Waals surface area (Å²) in [5, 5.41) is 5.14. The molecule has 0 aliphatic carbocycles. The highest BCUT2D eigenvalue weighted by Crippen LogP contribution is 2.15. The van der Waals surface area contributed by atoms with Crippen LogP contribution in [0.2, 0.25) is 5.02 Å². The highest BCUT2D eigenvalue weighted by Gasteiger charge is 1.98. The molecule has 0 radical (unpaired) electrons. The third-order valence-electron chi connectivity index (χ3n) is 2.12. The third-order valence-corrected chi connectivity index (χ3v) is 2.66. The summed E-state index contributed by atoms with van der Waals surface area (Å²) in [6, 6.07) is 16.8. The Morgan fingerprint density at radius 2 is 1.76 bits per heavy atom. The van der Waals surface area contributed by atoms with Crippen LogP contribution in [-0.2, 0) is 0 Å². The predicted octanol–water partition coefficient (Wildman–Crippen LogP) is 4.35. The number of nitrogens with one attached hydrogen (secondary N) is 1. The molecule has 0 aliphatic heterocycles. The average molecular weight is 265 g/mol. The number of benzene rings is 2. The number of anilines is 1. The van der Waals surface area contributed by atoms with E-state index in [1.165, 1.54) is 0 Å². The maximum absolute atomic E-state index is 6.05. The van der Waals surface area contributed by atoms with E-state index in [1.54, 1.807) is 12.1 Å². The molecule has 0 aromatic heterocycles. The molecule has 0 unspecified atom stereocenters. The number of rotatable bonds is 3. The monoisotopic (exact) mass is 264 g/mol. The van der Waals surface area contributed by atoms with Gasteiger partial charge in [-0.2, -0.15) is 5.10 Å². The Balaban J connectivity index is 2.11. The molecule has 0 amide bonds. The summed E-state index contributed by atoms with van der Waals surface area (Å²) in [6.45, 7) is 0. The van der Waals surface area contributed by atoms with E-state index in [2.05, 4.69) is 10.5 Å². The van der Waals surface area contributed by atoms with Crippen molar-refractivity contribution in [3.05, 3.63) is 65.2 Å². The van der Waals surface area contributed by atoms with Crippen molar-refractivity contribution in [2.24, 2.45) is 5.10 Å². The molecule has 4 heteroatoms. The van der Waals surface area contributed by atoms with E-state index < -0.39 is 0 Å². The van der Waals surface area contributed by atoms with Crippen LogP contribution in [0.15, 0.2) is 59.7 Å². The number of nitrogens with zero attached hydrogens (tertiary/aromatic N) is 1. The van der Waals surface area contributed by atoms with Crippen molar-refractivity contribution >= 4 is 34.1 Å². The first-order valence-electron chi connectivity index (χ1n) is 5.06. The van der Waals surface area contributed by atoms with Crippen LogP contribution in [0.4, 0.5) is 5.69 Å². The van der Waals surface area contributed by atoms with Gasteiger partial charge in [-0.15, -0.1) is 0 Å². The Labute approximate surface area is 110 Å². The lowest BCUT2D eigenvalue weighted by molar-refractivity contribution is 1.34. The predicted molar refractivity (Wildman–Crippen MR) is 73.9 cm³/mol. The minimum atomic E-state index is 0.408. The molecule has 0 saturated heterocycles. The van der Waals surface area contributed by atoms with Gasteiger partial charge in [0.25, 0.3) is 0 Å². The number of hydrogen-bond acceptors (Lipinski definition) is 2. The fourth-order valence-electron chi connectivity index (χ4n) is 1.31. The first kappa shape index (κ1) is 12.0. The summed E-state index contributed by atoms with van der Waals surface area (Å²) in [5.41, 5.74) is 4.52. The summed E-state index contributed by atoms with van der Waals surface area (Å²) < 4.78 is 0. The van der Waals surface area contributed by atoms with Crippen LogP contribution in [0, 0.1) is 0 Å². The minimum absolute atomic E-state index is 0.408. The fourth-order valence-corrected chi connectivity index (χ4v) is 1.67. The van der Waals surface area contributed by atoms with Crippen LogP contribution in [0.25, 0.3) is 0 Å². The summed E-state index contributed by atoms with van der Waals surface area (Å²) >= 11 is 11.9.